The van der Waals surface area contributed by atoms with E-state index < -0.39 is 29.9 Å². The summed E-state index contributed by atoms with van der Waals surface area (Å²) in [5.74, 6) is -7.96. The van der Waals surface area contributed by atoms with E-state index in [4.69, 9.17) is 4.74 Å². The second kappa shape index (κ2) is 9.83. The second-order valence-electron chi connectivity index (χ2n) is 6.38. The van der Waals surface area contributed by atoms with E-state index in [0.717, 1.165) is 44.9 Å². The van der Waals surface area contributed by atoms with Gasteiger partial charge >= 0.3 is 11.9 Å². The molecule has 23 heavy (non-hydrogen) atoms. The molecule has 0 saturated heterocycles. The minimum atomic E-state index is -4.14. The molecule has 0 bridgehead atoms. The first-order valence-electron chi connectivity index (χ1n) is 8.68. The number of alkyl halides is 2. The molecule has 0 aliphatic heterocycles. The van der Waals surface area contributed by atoms with Crippen molar-refractivity contribution in [1.29, 1.82) is 0 Å². The molecular weight excluding hydrogens is 306 g/mol. The van der Waals surface area contributed by atoms with E-state index in [2.05, 4.69) is 6.92 Å². The van der Waals surface area contributed by atoms with Crippen molar-refractivity contribution < 1.29 is 28.2 Å². The van der Waals surface area contributed by atoms with E-state index in [-0.39, 0.29) is 6.42 Å². The quantitative estimate of drug-likeness (QED) is 0.455. The Morgan fingerprint density at radius 3 is 2.30 bits per heavy atom. The highest BCUT2D eigenvalue weighted by atomic mass is 19.3. The van der Waals surface area contributed by atoms with Crippen LogP contribution in [0.25, 0.3) is 0 Å². The number of carbonyl (C=O) groups excluding carboxylic acids is 2. The van der Waals surface area contributed by atoms with Crippen LogP contribution in [0, 0.1) is 5.92 Å². The van der Waals surface area contributed by atoms with Crippen LogP contribution in [0.2, 0.25) is 0 Å². The summed E-state index contributed by atoms with van der Waals surface area (Å²) in [6.07, 6.45) is 6.05. The van der Waals surface area contributed by atoms with Gasteiger partial charge in [0.1, 0.15) is 5.97 Å². The lowest BCUT2D eigenvalue weighted by Crippen LogP contribution is -2.54. The highest BCUT2D eigenvalue weighted by molar-refractivity contribution is 5.75. The van der Waals surface area contributed by atoms with Crippen molar-refractivity contribution in [2.24, 2.45) is 5.92 Å². The molecule has 1 aliphatic rings. The fourth-order valence-corrected chi connectivity index (χ4v) is 3.09. The van der Waals surface area contributed by atoms with Crippen molar-refractivity contribution in [2.75, 3.05) is 0 Å². The molecule has 134 valence electrons. The van der Waals surface area contributed by atoms with Crippen molar-refractivity contribution in [3.05, 3.63) is 0 Å². The van der Waals surface area contributed by atoms with Gasteiger partial charge in [0.25, 0.3) is 0 Å². The molecule has 1 aliphatic carbocycles. The van der Waals surface area contributed by atoms with Gasteiger partial charge in [-0.05, 0) is 19.3 Å². The van der Waals surface area contributed by atoms with Crippen LogP contribution >= 0.6 is 0 Å². The number of carbonyl (C=O) groups is 2. The zero-order valence-electron chi connectivity index (χ0n) is 13.8. The number of unbranched alkanes of at least 4 members (excludes halogenated alkanes) is 4. The van der Waals surface area contributed by atoms with Crippen LogP contribution in [-0.2, 0) is 14.3 Å². The van der Waals surface area contributed by atoms with Crippen molar-refractivity contribution in [2.45, 2.75) is 89.6 Å². The normalized spacial score (nSPS) is 17.7. The molecule has 0 aromatic rings. The van der Waals surface area contributed by atoms with Gasteiger partial charge in [-0.15, -0.1) is 0 Å². The van der Waals surface area contributed by atoms with Gasteiger partial charge in [0.2, 0.25) is 0 Å². The summed E-state index contributed by atoms with van der Waals surface area (Å²) in [5.41, 5.74) is 0. The molecule has 0 radical (unpaired) electrons. The van der Waals surface area contributed by atoms with Gasteiger partial charge in [-0.1, -0.05) is 51.9 Å². The molecule has 0 N–H and O–H groups in total. The SMILES string of the molecule is CCCCCCCC(=O)OC(C1CCCCC1)C(F)(F)C(=O)[O-]. The first-order valence-corrected chi connectivity index (χ1v) is 8.68. The Morgan fingerprint density at radius 2 is 1.74 bits per heavy atom. The number of aliphatic carboxylic acids is 1. The zero-order valence-corrected chi connectivity index (χ0v) is 13.8. The molecule has 4 nitrogen and oxygen atoms in total. The lowest BCUT2D eigenvalue weighted by Gasteiger charge is -2.35. The van der Waals surface area contributed by atoms with Gasteiger partial charge in [0.15, 0.2) is 6.10 Å². The predicted octanol–water partition coefficient (Wildman–Crippen LogP) is 3.22. The highest BCUT2D eigenvalue weighted by Crippen LogP contribution is 2.36. The summed E-state index contributed by atoms with van der Waals surface area (Å²) in [5, 5.41) is 10.8. The first-order chi connectivity index (χ1) is 10.9. The molecule has 0 aromatic heterocycles. The smallest absolute Gasteiger partial charge is 0.323 e. The molecule has 1 saturated carbocycles. The number of esters is 1. The highest BCUT2D eigenvalue weighted by Gasteiger charge is 2.48. The largest absolute Gasteiger partial charge is 0.544 e. The van der Waals surface area contributed by atoms with E-state index in [1.807, 2.05) is 0 Å². The molecule has 1 atom stereocenters. The maximum atomic E-state index is 13.9. The Morgan fingerprint density at radius 1 is 1.13 bits per heavy atom. The Balaban J connectivity index is 2.58. The molecule has 0 amide bonds. The topological polar surface area (TPSA) is 66.4 Å². The van der Waals surface area contributed by atoms with Crippen molar-refractivity contribution in [3.63, 3.8) is 0 Å². The Hall–Kier alpha value is -1.20. The van der Waals surface area contributed by atoms with Crippen LogP contribution in [-0.4, -0.2) is 24.0 Å². The average molecular weight is 333 g/mol. The van der Waals surface area contributed by atoms with Crippen LogP contribution in [0.4, 0.5) is 8.78 Å². The number of carboxylic acids is 1. The van der Waals surface area contributed by atoms with E-state index in [0.29, 0.717) is 19.3 Å². The van der Waals surface area contributed by atoms with E-state index in [9.17, 15) is 23.5 Å². The average Bonchev–Trinajstić information content (AvgIpc) is 2.53. The summed E-state index contributed by atoms with van der Waals surface area (Å²) in [6, 6.07) is 0. The number of ether oxygens (including phenoxy) is 1. The van der Waals surface area contributed by atoms with Crippen molar-refractivity contribution >= 4 is 11.9 Å². The summed E-state index contributed by atoms with van der Waals surface area (Å²) in [7, 11) is 0. The molecule has 0 aromatic carbocycles. The van der Waals surface area contributed by atoms with Gasteiger partial charge in [0, 0.05) is 12.3 Å². The minimum Gasteiger partial charge on any atom is -0.544 e. The number of carboxylic acid groups (broad SMARTS) is 1. The molecule has 0 spiro atoms. The van der Waals surface area contributed by atoms with Crippen LogP contribution in [0.5, 0.6) is 0 Å². The van der Waals surface area contributed by atoms with Gasteiger partial charge in [-0.3, -0.25) is 4.79 Å². The third kappa shape index (κ3) is 6.43. The van der Waals surface area contributed by atoms with Crippen LogP contribution in [0.3, 0.4) is 0 Å². The zero-order chi connectivity index (χ0) is 17.3. The molecule has 1 unspecified atom stereocenters. The van der Waals surface area contributed by atoms with Crippen molar-refractivity contribution in [3.8, 4) is 0 Å². The van der Waals surface area contributed by atoms with E-state index >= 15 is 0 Å². The van der Waals surface area contributed by atoms with E-state index in [1.165, 1.54) is 0 Å². The van der Waals surface area contributed by atoms with Crippen LogP contribution < -0.4 is 5.11 Å². The summed E-state index contributed by atoms with van der Waals surface area (Å²) >= 11 is 0. The second-order valence-corrected chi connectivity index (χ2v) is 6.38. The third-order valence-corrected chi connectivity index (χ3v) is 4.45. The molecule has 6 heteroatoms. The first kappa shape index (κ1) is 19.8. The summed E-state index contributed by atoms with van der Waals surface area (Å²) < 4.78 is 32.7. The number of hydrogen-bond acceptors (Lipinski definition) is 4. The standard InChI is InChI=1S/C17H28F2O4/c1-2-3-4-5-9-12-14(20)23-15(17(18,19)16(21)22)13-10-7-6-8-11-13/h13,15H,2-12H2,1H3,(H,21,22)/p-1. The molecular formula is C17H27F2O4-. The molecule has 1 rings (SSSR count). The van der Waals surface area contributed by atoms with Gasteiger partial charge in [0.05, 0.1) is 0 Å². The third-order valence-electron chi connectivity index (χ3n) is 4.45. The lowest BCUT2D eigenvalue weighted by atomic mass is 9.83. The van der Waals surface area contributed by atoms with Gasteiger partial charge < -0.3 is 14.6 Å². The fraction of sp³-hybridized carbons (Fsp3) is 0.882. The maximum Gasteiger partial charge on any atom is 0.323 e. The number of hydrogen-bond donors (Lipinski definition) is 0. The summed E-state index contributed by atoms with van der Waals surface area (Å²) in [6.45, 7) is 2.07. The summed E-state index contributed by atoms with van der Waals surface area (Å²) in [4.78, 5) is 22.6. The monoisotopic (exact) mass is 333 g/mol. The Bertz CT molecular complexity index is 379. The minimum absolute atomic E-state index is 0.0516. The van der Waals surface area contributed by atoms with Crippen LogP contribution in [0.15, 0.2) is 0 Å². The lowest BCUT2D eigenvalue weighted by molar-refractivity contribution is -0.338. The van der Waals surface area contributed by atoms with Gasteiger partial charge in [-0.25, -0.2) is 0 Å². The molecule has 1 fully saturated rings. The maximum absolute atomic E-state index is 13.9. The Kier molecular flexibility index (Phi) is 8.48. The van der Waals surface area contributed by atoms with E-state index in [1.54, 1.807) is 0 Å². The van der Waals surface area contributed by atoms with Crippen LogP contribution in [0.1, 0.15) is 77.6 Å². The Labute approximate surface area is 136 Å². The number of halogens is 2. The number of rotatable bonds is 10. The van der Waals surface area contributed by atoms with Gasteiger partial charge in [-0.2, -0.15) is 8.78 Å². The fourth-order valence-electron chi connectivity index (χ4n) is 3.09. The predicted molar refractivity (Wildman–Crippen MR) is 79.8 cm³/mol. The molecule has 0 heterocycles. The van der Waals surface area contributed by atoms with Crippen molar-refractivity contribution in [1.82, 2.24) is 0 Å².